The summed E-state index contributed by atoms with van der Waals surface area (Å²) < 4.78 is 11.2. The number of fused-ring (bicyclic) bond motifs is 1. The highest BCUT2D eigenvalue weighted by Crippen LogP contribution is 2.43. The van der Waals surface area contributed by atoms with Crippen molar-refractivity contribution in [2.75, 3.05) is 7.11 Å². The molecule has 0 aliphatic carbocycles. The minimum atomic E-state index is -0.601. The summed E-state index contributed by atoms with van der Waals surface area (Å²) >= 11 is 12.1. The Morgan fingerprint density at radius 2 is 1.90 bits per heavy atom. The Labute approximate surface area is 133 Å². The van der Waals surface area contributed by atoms with Crippen LogP contribution in [0.15, 0.2) is 36.4 Å². The van der Waals surface area contributed by atoms with Crippen molar-refractivity contribution in [1.29, 1.82) is 0 Å². The zero-order chi connectivity index (χ0) is 15.0. The maximum absolute atomic E-state index is 10.3. The second kappa shape index (κ2) is 5.76. The van der Waals surface area contributed by atoms with E-state index in [1.807, 2.05) is 12.1 Å². The third kappa shape index (κ3) is 2.82. The lowest BCUT2D eigenvalue weighted by molar-refractivity contribution is 0.0655. The summed E-state index contributed by atoms with van der Waals surface area (Å²) in [6, 6.07) is 10.7. The first-order valence-corrected chi connectivity index (χ1v) is 7.31. The minimum absolute atomic E-state index is 0.315. The molecule has 110 valence electrons. The van der Waals surface area contributed by atoms with Crippen LogP contribution in [0.2, 0.25) is 10.0 Å². The molecule has 1 aliphatic rings. The third-order valence-electron chi connectivity index (χ3n) is 3.60. The number of aliphatic hydroxyl groups excluding tert-OH is 1. The van der Waals surface area contributed by atoms with Crippen LogP contribution in [0.1, 0.15) is 29.8 Å². The molecule has 0 saturated heterocycles. The standard InChI is InChI=1S/C16H14Cl2O3/c1-20-10-3-5-12-14(19)8-16(21-15(12)7-10)11-4-2-9(17)6-13(11)18/h2-7,14,16,19H,8H2,1H3. The van der Waals surface area contributed by atoms with E-state index in [1.165, 1.54) is 0 Å². The first-order valence-electron chi connectivity index (χ1n) is 6.56. The topological polar surface area (TPSA) is 38.7 Å². The van der Waals surface area contributed by atoms with Gasteiger partial charge in [0.1, 0.15) is 17.6 Å². The van der Waals surface area contributed by atoms with Gasteiger partial charge in [0.05, 0.1) is 13.2 Å². The number of methoxy groups -OCH3 is 1. The Bertz CT molecular complexity index is 673. The number of halogens is 2. The van der Waals surface area contributed by atoms with Crippen molar-refractivity contribution in [2.24, 2.45) is 0 Å². The summed E-state index contributed by atoms with van der Waals surface area (Å²) in [5.41, 5.74) is 1.57. The van der Waals surface area contributed by atoms with Crippen molar-refractivity contribution in [3.8, 4) is 11.5 Å². The molecule has 2 atom stereocenters. The van der Waals surface area contributed by atoms with E-state index in [9.17, 15) is 5.11 Å². The summed E-state index contributed by atoms with van der Waals surface area (Å²) in [4.78, 5) is 0. The monoisotopic (exact) mass is 324 g/mol. The van der Waals surface area contributed by atoms with Crippen LogP contribution in [0.25, 0.3) is 0 Å². The third-order valence-corrected chi connectivity index (χ3v) is 4.16. The van der Waals surface area contributed by atoms with Crippen LogP contribution < -0.4 is 9.47 Å². The average Bonchev–Trinajstić information content (AvgIpc) is 2.46. The number of aliphatic hydroxyl groups is 1. The summed E-state index contributed by atoms with van der Waals surface area (Å²) in [6.45, 7) is 0. The molecule has 3 rings (SSSR count). The van der Waals surface area contributed by atoms with Crippen molar-refractivity contribution < 1.29 is 14.6 Å². The van der Waals surface area contributed by atoms with Gasteiger partial charge in [-0.05, 0) is 24.3 Å². The van der Waals surface area contributed by atoms with Crippen LogP contribution in [-0.4, -0.2) is 12.2 Å². The van der Waals surface area contributed by atoms with Crippen molar-refractivity contribution in [3.05, 3.63) is 57.6 Å². The van der Waals surface area contributed by atoms with E-state index in [0.29, 0.717) is 28.0 Å². The molecule has 0 radical (unpaired) electrons. The van der Waals surface area contributed by atoms with Gasteiger partial charge >= 0.3 is 0 Å². The zero-order valence-corrected chi connectivity index (χ0v) is 12.9. The molecule has 0 aromatic heterocycles. The minimum Gasteiger partial charge on any atom is -0.497 e. The first kappa shape index (κ1) is 14.5. The van der Waals surface area contributed by atoms with E-state index in [4.69, 9.17) is 32.7 Å². The first-order chi connectivity index (χ1) is 10.1. The van der Waals surface area contributed by atoms with Crippen molar-refractivity contribution in [3.63, 3.8) is 0 Å². The SMILES string of the molecule is COc1ccc2c(c1)OC(c1ccc(Cl)cc1Cl)CC2O. The molecule has 0 bridgehead atoms. The molecule has 1 N–H and O–H groups in total. The molecule has 0 spiro atoms. The van der Waals surface area contributed by atoms with Gasteiger partial charge in [-0.3, -0.25) is 0 Å². The molecule has 5 heteroatoms. The van der Waals surface area contributed by atoms with Crippen LogP contribution in [0, 0.1) is 0 Å². The zero-order valence-electron chi connectivity index (χ0n) is 11.3. The highest BCUT2D eigenvalue weighted by Gasteiger charge is 2.29. The van der Waals surface area contributed by atoms with Crippen LogP contribution >= 0.6 is 23.2 Å². The van der Waals surface area contributed by atoms with E-state index >= 15 is 0 Å². The summed E-state index contributed by atoms with van der Waals surface area (Å²) in [7, 11) is 1.59. The molecule has 0 amide bonds. The Hall–Kier alpha value is -1.42. The highest BCUT2D eigenvalue weighted by molar-refractivity contribution is 6.35. The van der Waals surface area contributed by atoms with E-state index in [0.717, 1.165) is 11.1 Å². The Morgan fingerprint density at radius 3 is 2.62 bits per heavy atom. The molecular formula is C16H14Cl2O3. The summed E-state index contributed by atoms with van der Waals surface area (Å²) in [5, 5.41) is 11.4. The van der Waals surface area contributed by atoms with Crippen LogP contribution in [0.4, 0.5) is 0 Å². The average molecular weight is 325 g/mol. The number of hydrogen-bond acceptors (Lipinski definition) is 3. The molecule has 21 heavy (non-hydrogen) atoms. The maximum atomic E-state index is 10.3. The Kier molecular flexibility index (Phi) is 3.98. The van der Waals surface area contributed by atoms with Gasteiger partial charge in [-0.15, -0.1) is 0 Å². The van der Waals surface area contributed by atoms with Crippen molar-refractivity contribution in [1.82, 2.24) is 0 Å². The van der Waals surface area contributed by atoms with Gasteiger partial charge in [0.15, 0.2) is 0 Å². The van der Waals surface area contributed by atoms with Gasteiger partial charge < -0.3 is 14.6 Å². The molecular weight excluding hydrogens is 311 g/mol. The molecule has 2 aromatic rings. The molecule has 0 saturated carbocycles. The highest BCUT2D eigenvalue weighted by atomic mass is 35.5. The predicted octanol–water partition coefficient (Wildman–Crippen LogP) is 4.56. The molecule has 1 aliphatic heterocycles. The van der Waals surface area contributed by atoms with Gasteiger partial charge in [-0.1, -0.05) is 29.3 Å². The van der Waals surface area contributed by atoms with Crippen molar-refractivity contribution >= 4 is 23.2 Å². The lowest BCUT2D eigenvalue weighted by Crippen LogP contribution is -2.19. The second-order valence-corrected chi connectivity index (χ2v) is 5.77. The smallest absolute Gasteiger partial charge is 0.129 e. The number of benzene rings is 2. The number of ether oxygens (including phenoxy) is 2. The van der Waals surface area contributed by atoms with Gasteiger partial charge in [0, 0.05) is 33.7 Å². The van der Waals surface area contributed by atoms with Gasteiger partial charge in [-0.2, -0.15) is 0 Å². The fraction of sp³-hybridized carbons (Fsp3) is 0.250. The quantitative estimate of drug-likeness (QED) is 0.880. The van der Waals surface area contributed by atoms with Gasteiger partial charge in [-0.25, -0.2) is 0 Å². The largest absolute Gasteiger partial charge is 0.497 e. The lowest BCUT2D eigenvalue weighted by atomic mass is 9.95. The summed E-state index contributed by atoms with van der Waals surface area (Å²) in [5.74, 6) is 1.30. The summed E-state index contributed by atoms with van der Waals surface area (Å²) in [6.07, 6.45) is -0.471. The molecule has 3 nitrogen and oxygen atoms in total. The van der Waals surface area contributed by atoms with Crippen LogP contribution in [-0.2, 0) is 0 Å². The van der Waals surface area contributed by atoms with E-state index in [-0.39, 0.29) is 6.10 Å². The predicted molar refractivity (Wildman–Crippen MR) is 82.4 cm³/mol. The fourth-order valence-electron chi connectivity index (χ4n) is 2.50. The normalized spacial score (nSPS) is 20.6. The molecule has 2 aromatic carbocycles. The van der Waals surface area contributed by atoms with Crippen LogP contribution in [0.3, 0.4) is 0 Å². The van der Waals surface area contributed by atoms with E-state index in [1.54, 1.807) is 31.4 Å². The van der Waals surface area contributed by atoms with Crippen molar-refractivity contribution in [2.45, 2.75) is 18.6 Å². The van der Waals surface area contributed by atoms with Gasteiger partial charge in [0.25, 0.3) is 0 Å². The molecule has 0 fully saturated rings. The molecule has 1 heterocycles. The number of rotatable bonds is 2. The Morgan fingerprint density at radius 1 is 1.14 bits per heavy atom. The maximum Gasteiger partial charge on any atom is 0.129 e. The van der Waals surface area contributed by atoms with E-state index < -0.39 is 6.10 Å². The lowest BCUT2D eigenvalue weighted by Gasteiger charge is -2.30. The second-order valence-electron chi connectivity index (χ2n) is 4.93. The fourth-order valence-corrected chi connectivity index (χ4v) is 3.03. The molecule has 2 unspecified atom stereocenters. The van der Waals surface area contributed by atoms with Gasteiger partial charge in [0.2, 0.25) is 0 Å². The van der Waals surface area contributed by atoms with Crippen LogP contribution in [0.5, 0.6) is 11.5 Å². The Balaban J connectivity index is 1.96. The van der Waals surface area contributed by atoms with E-state index in [2.05, 4.69) is 0 Å². The number of hydrogen-bond donors (Lipinski definition) is 1.